The van der Waals surface area contributed by atoms with Crippen LogP contribution in [0.1, 0.15) is 22.8 Å². The second kappa shape index (κ2) is 10.3. The highest BCUT2D eigenvalue weighted by Gasteiger charge is 2.33. The van der Waals surface area contributed by atoms with Gasteiger partial charge in [-0.15, -0.1) is 6.42 Å². The molecule has 1 aliphatic heterocycles. The third-order valence-corrected chi connectivity index (χ3v) is 5.11. The van der Waals surface area contributed by atoms with Gasteiger partial charge in [0, 0.05) is 5.56 Å². The summed E-state index contributed by atoms with van der Waals surface area (Å²) in [4.78, 5) is 29.4. The summed E-state index contributed by atoms with van der Waals surface area (Å²) in [5.41, 5.74) is 0.996. The molecule has 0 fully saturated rings. The minimum atomic E-state index is -0.742. The zero-order valence-corrected chi connectivity index (χ0v) is 17.5. The van der Waals surface area contributed by atoms with E-state index in [2.05, 4.69) is 10.9 Å². The Morgan fingerprint density at radius 1 is 1.16 bits per heavy atom. The van der Waals surface area contributed by atoms with E-state index in [-0.39, 0.29) is 29.6 Å². The molecule has 2 aromatic rings. The Labute approximate surface area is 184 Å². The number of nitrogens with zero attached hydrogens (tertiary/aromatic N) is 1. The van der Waals surface area contributed by atoms with Crippen LogP contribution in [0.3, 0.4) is 0 Å². The second-order valence-corrected chi connectivity index (χ2v) is 7.24. The Bertz CT molecular complexity index is 1110. The summed E-state index contributed by atoms with van der Waals surface area (Å²) in [5, 5.41) is 10.8. The molecule has 1 N–H and O–H groups in total. The van der Waals surface area contributed by atoms with Gasteiger partial charge in [-0.25, -0.2) is 9.79 Å². The summed E-state index contributed by atoms with van der Waals surface area (Å²) >= 11 is 1.02. The standard InChI is InChI=1S/C24H19NO5S/c1-3-14-30-18-12-10-16(11-13-18)15-19-21(26)20(24(28)29-4-2)23(31-19)25-22(27)17-8-6-5-7-9-17/h1,5-13,15,26H,4,14H2,2H3/b19-15+,25-23?. The van der Waals surface area contributed by atoms with Crippen LogP contribution in [0.5, 0.6) is 5.75 Å². The lowest BCUT2D eigenvalue weighted by Crippen LogP contribution is -2.14. The Kier molecular flexibility index (Phi) is 7.31. The molecule has 0 unspecified atom stereocenters. The first-order chi connectivity index (χ1) is 15.0. The van der Waals surface area contributed by atoms with Gasteiger partial charge in [-0.2, -0.15) is 0 Å². The lowest BCUT2D eigenvalue weighted by molar-refractivity contribution is -0.138. The van der Waals surface area contributed by atoms with E-state index in [4.69, 9.17) is 15.9 Å². The van der Waals surface area contributed by atoms with E-state index in [1.54, 1.807) is 67.6 Å². The third kappa shape index (κ3) is 5.44. The number of benzene rings is 2. The first kappa shape index (κ1) is 21.9. The van der Waals surface area contributed by atoms with Gasteiger partial charge >= 0.3 is 5.97 Å². The fourth-order valence-corrected chi connectivity index (χ4v) is 3.68. The van der Waals surface area contributed by atoms with Gasteiger partial charge in [0.25, 0.3) is 5.91 Å². The average Bonchev–Trinajstić information content (AvgIpc) is 3.08. The van der Waals surface area contributed by atoms with Crippen molar-refractivity contribution in [3.63, 3.8) is 0 Å². The molecule has 156 valence electrons. The maximum absolute atomic E-state index is 12.5. The molecule has 1 heterocycles. The summed E-state index contributed by atoms with van der Waals surface area (Å²) in [5.74, 6) is 1.46. The van der Waals surface area contributed by atoms with Gasteiger partial charge in [0.1, 0.15) is 28.7 Å². The normalized spacial score (nSPS) is 15.7. The summed E-state index contributed by atoms with van der Waals surface area (Å²) in [6.07, 6.45) is 6.86. The quantitative estimate of drug-likeness (QED) is 0.537. The first-order valence-electron chi connectivity index (χ1n) is 9.38. The van der Waals surface area contributed by atoms with Crippen LogP contribution in [-0.4, -0.2) is 35.2 Å². The highest BCUT2D eigenvalue weighted by molar-refractivity contribution is 8.18. The molecule has 0 bridgehead atoms. The maximum Gasteiger partial charge on any atom is 0.344 e. The molecule has 6 nitrogen and oxygen atoms in total. The van der Waals surface area contributed by atoms with E-state index >= 15 is 0 Å². The predicted molar refractivity (Wildman–Crippen MR) is 121 cm³/mol. The molecule has 0 aromatic heterocycles. The Hall–Kier alpha value is -3.76. The lowest BCUT2D eigenvalue weighted by atomic mass is 10.1. The van der Waals surface area contributed by atoms with Crippen molar-refractivity contribution in [2.24, 2.45) is 4.99 Å². The van der Waals surface area contributed by atoms with Gasteiger partial charge in [0.15, 0.2) is 0 Å². The monoisotopic (exact) mass is 433 g/mol. The molecule has 0 spiro atoms. The molecule has 7 heteroatoms. The zero-order valence-electron chi connectivity index (χ0n) is 16.7. The fraction of sp³-hybridized carbons (Fsp3) is 0.125. The number of hydrogen-bond donors (Lipinski definition) is 1. The second-order valence-electron chi connectivity index (χ2n) is 6.20. The molecule has 0 saturated heterocycles. The van der Waals surface area contributed by atoms with Crippen molar-refractivity contribution in [2.75, 3.05) is 13.2 Å². The van der Waals surface area contributed by atoms with Crippen LogP contribution in [-0.2, 0) is 9.53 Å². The predicted octanol–water partition coefficient (Wildman–Crippen LogP) is 4.40. The topological polar surface area (TPSA) is 85.2 Å². The molecule has 0 saturated carbocycles. The van der Waals surface area contributed by atoms with Crippen molar-refractivity contribution < 1.29 is 24.2 Å². The number of carbonyl (C=O) groups excluding carboxylic acids is 2. The SMILES string of the molecule is C#CCOc1ccc(/C=C2/SC(=NC(=O)c3ccccc3)C(C(=O)OCC)=C2O)cc1. The van der Waals surface area contributed by atoms with Crippen molar-refractivity contribution in [1.82, 2.24) is 0 Å². The van der Waals surface area contributed by atoms with Crippen LogP contribution in [0.4, 0.5) is 0 Å². The molecule has 0 atom stereocenters. The Morgan fingerprint density at radius 2 is 1.87 bits per heavy atom. The zero-order chi connectivity index (χ0) is 22.2. The number of esters is 1. The fourth-order valence-electron chi connectivity index (χ4n) is 2.67. The number of aliphatic imine (C=N–C) groups is 1. The van der Waals surface area contributed by atoms with Crippen LogP contribution in [0.15, 0.2) is 75.8 Å². The number of terminal acetylenes is 1. The largest absolute Gasteiger partial charge is 0.506 e. The van der Waals surface area contributed by atoms with Crippen molar-refractivity contribution in [3.05, 3.63) is 82.0 Å². The number of amides is 1. The van der Waals surface area contributed by atoms with Crippen LogP contribution < -0.4 is 4.74 Å². The Morgan fingerprint density at radius 3 is 2.52 bits per heavy atom. The first-order valence-corrected chi connectivity index (χ1v) is 10.2. The van der Waals surface area contributed by atoms with Gasteiger partial charge in [-0.1, -0.05) is 48.0 Å². The maximum atomic E-state index is 12.5. The molecule has 2 aromatic carbocycles. The minimum absolute atomic E-state index is 0.0880. The molecule has 31 heavy (non-hydrogen) atoms. The van der Waals surface area contributed by atoms with Crippen molar-refractivity contribution in [2.45, 2.75) is 6.92 Å². The lowest BCUT2D eigenvalue weighted by Gasteiger charge is -2.03. The van der Waals surface area contributed by atoms with E-state index in [1.165, 1.54) is 0 Å². The third-order valence-electron chi connectivity index (χ3n) is 4.09. The molecule has 0 aliphatic carbocycles. The molecular weight excluding hydrogens is 414 g/mol. The van der Waals surface area contributed by atoms with Crippen molar-refractivity contribution in [3.8, 4) is 18.1 Å². The Balaban J connectivity index is 1.93. The molecular formula is C24H19NO5S. The summed E-state index contributed by atoms with van der Waals surface area (Å²) in [6, 6.07) is 15.5. The van der Waals surface area contributed by atoms with Crippen LogP contribution >= 0.6 is 11.8 Å². The smallest absolute Gasteiger partial charge is 0.344 e. The minimum Gasteiger partial charge on any atom is -0.506 e. The average molecular weight is 433 g/mol. The van der Waals surface area contributed by atoms with Crippen molar-refractivity contribution >= 4 is 34.8 Å². The highest BCUT2D eigenvalue weighted by Crippen LogP contribution is 2.39. The number of rotatable bonds is 6. The van der Waals surface area contributed by atoms with E-state index in [0.717, 1.165) is 17.3 Å². The van der Waals surface area contributed by atoms with E-state index in [0.29, 0.717) is 16.2 Å². The number of carbonyl (C=O) groups is 2. The summed E-state index contributed by atoms with van der Waals surface area (Å²) < 4.78 is 10.4. The molecule has 0 radical (unpaired) electrons. The van der Waals surface area contributed by atoms with Gasteiger partial charge in [-0.05, 0) is 42.8 Å². The highest BCUT2D eigenvalue weighted by atomic mass is 32.2. The summed E-state index contributed by atoms with van der Waals surface area (Å²) in [7, 11) is 0. The number of aliphatic hydroxyl groups excluding tert-OH is 1. The van der Waals surface area contributed by atoms with E-state index < -0.39 is 11.9 Å². The van der Waals surface area contributed by atoms with Gasteiger partial charge in [0.2, 0.25) is 0 Å². The van der Waals surface area contributed by atoms with Crippen LogP contribution in [0, 0.1) is 12.3 Å². The van der Waals surface area contributed by atoms with E-state index in [9.17, 15) is 14.7 Å². The van der Waals surface area contributed by atoms with Gasteiger partial charge in [-0.3, -0.25) is 4.79 Å². The van der Waals surface area contributed by atoms with Gasteiger partial charge < -0.3 is 14.6 Å². The number of ether oxygens (including phenoxy) is 2. The number of hydrogen-bond acceptors (Lipinski definition) is 6. The van der Waals surface area contributed by atoms with Gasteiger partial charge in [0.05, 0.1) is 11.5 Å². The number of thioether (sulfide) groups is 1. The number of aliphatic hydroxyl groups is 1. The molecule has 1 amide bonds. The summed E-state index contributed by atoms with van der Waals surface area (Å²) in [6.45, 7) is 1.94. The molecule has 1 aliphatic rings. The van der Waals surface area contributed by atoms with Crippen LogP contribution in [0.2, 0.25) is 0 Å². The molecule has 3 rings (SSSR count). The van der Waals surface area contributed by atoms with E-state index in [1.807, 2.05) is 0 Å². The van der Waals surface area contributed by atoms with Crippen LogP contribution in [0.25, 0.3) is 6.08 Å². The van der Waals surface area contributed by atoms with Crippen molar-refractivity contribution in [1.29, 1.82) is 0 Å².